The quantitative estimate of drug-likeness (QED) is 0.756. The third-order valence-corrected chi connectivity index (χ3v) is 2.13. The normalized spacial score (nSPS) is 12.6. The van der Waals surface area contributed by atoms with Gasteiger partial charge in [0.05, 0.1) is 6.61 Å². The standard InChI is InChI=1S/C11H16O3/c1-8-3-4-11(5-9(8)2)14-7-10(13)6-12/h3-5,10,12-13H,6-7H2,1-2H3. The Balaban J connectivity index is 2.55. The topological polar surface area (TPSA) is 49.7 Å². The highest BCUT2D eigenvalue weighted by molar-refractivity contribution is 5.33. The Morgan fingerprint density at radius 3 is 2.57 bits per heavy atom. The minimum atomic E-state index is -0.809. The molecule has 0 spiro atoms. The van der Waals surface area contributed by atoms with E-state index in [1.54, 1.807) is 0 Å². The highest BCUT2D eigenvalue weighted by Gasteiger charge is 2.03. The van der Waals surface area contributed by atoms with E-state index in [0.717, 1.165) is 11.3 Å². The zero-order valence-corrected chi connectivity index (χ0v) is 8.53. The largest absolute Gasteiger partial charge is 0.491 e. The molecule has 78 valence electrons. The summed E-state index contributed by atoms with van der Waals surface area (Å²) < 4.78 is 5.28. The highest BCUT2D eigenvalue weighted by Crippen LogP contribution is 2.16. The van der Waals surface area contributed by atoms with Crippen molar-refractivity contribution in [1.29, 1.82) is 0 Å². The number of ether oxygens (including phenoxy) is 1. The molecule has 1 rings (SSSR count). The van der Waals surface area contributed by atoms with E-state index in [1.165, 1.54) is 5.56 Å². The van der Waals surface area contributed by atoms with Crippen LogP contribution in [0.2, 0.25) is 0 Å². The lowest BCUT2D eigenvalue weighted by molar-refractivity contribution is 0.0536. The Labute approximate surface area is 84.0 Å². The van der Waals surface area contributed by atoms with Gasteiger partial charge in [-0.1, -0.05) is 6.07 Å². The van der Waals surface area contributed by atoms with Crippen molar-refractivity contribution in [1.82, 2.24) is 0 Å². The van der Waals surface area contributed by atoms with Crippen LogP contribution < -0.4 is 4.74 Å². The Morgan fingerprint density at radius 2 is 2.00 bits per heavy atom. The molecular weight excluding hydrogens is 180 g/mol. The van der Waals surface area contributed by atoms with Gasteiger partial charge in [-0.25, -0.2) is 0 Å². The van der Waals surface area contributed by atoms with Gasteiger partial charge in [-0.3, -0.25) is 0 Å². The molecule has 0 aliphatic carbocycles. The molecule has 0 aliphatic rings. The molecule has 0 saturated heterocycles. The van der Waals surface area contributed by atoms with Crippen molar-refractivity contribution in [2.24, 2.45) is 0 Å². The van der Waals surface area contributed by atoms with Crippen LogP contribution in [0.1, 0.15) is 11.1 Å². The SMILES string of the molecule is Cc1ccc(OCC(O)CO)cc1C. The van der Waals surface area contributed by atoms with E-state index in [2.05, 4.69) is 0 Å². The maximum absolute atomic E-state index is 9.07. The minimum Gasteiger partial charge on any atom is -0.491 e. The molecule has 0 amide bonds. The van der Waals surface area contributed by atoms with Crippen molar-refractivity contribution in [2.45, 2.75) is 20.0 Å². The summed E-state index contributed by atoms with van der Waals surface area (Å²) in [6, 6.07) is 5.74. The summed E-state index contributed by atoms with van der Waals surface area (Å²) in [6.07, 6.45) is -0.809. The Bertz CT molecular complexity index is 297. The molecule has 0 bridgehead atoms. The Hall–Kier alpha value is -1.06. The number of aryl methyl sites for hydroxylation is 2. The number of benzene rings is 1. The first-order valence-electron chi connectivity index (χ1n) is 4.62. The maximum atomic E-state index is 9.07. The summed E-state index contributed by atoms with van der Waals surface area (Å²) in [7, 11) is 0. The second-order valence-corrected chi connectivity index (χ2v) is 3.39. The highest BCUT2D eigenvalue weighted by atomic mass is 16.5. The van der Waals surface area contributed by atoms with Gasteiger partial charge in [0.25, 0.3) is 0 Å². The van der Waals surface area contributed by atoms with Crippen molar-refractivity contribution in [2.75, 3.05) is 13.2 Å². The van der Waals surface area contributed by atoms with E-state index < -0.39 is 6.10 Å². The van der Waals surface area contributed by atoms with Crippen LogP contribution in [0.4, 0.5) is 0 Å². The average Bonchev–Trinajstić information content (AvgIpc) is 2.19. The lowest BCUT2D eigenvalue weighted by atomic mass is 10.1. The maximum Gasteiger partial charge on any atom is 0.119 e. The zero-order valence-electron chi connectivity index (χ0n) is 8.53. The van der Waals surface area contributed by atoms with Crippen molar-refractivity contribution >= 4 is 0 Å². The van der Waals surface area contributed by atoms with Crippen LogP contribution in [0.25, 0.3) is 0 Å². The summed E-state index contributed by atoms with van der Waals surface area (Å²) in [5.41, 5.74) is 2.36. The number of aliphatic hydroxyl groups excluding tert-OH is 2. The van der Waals surface area contributed by atoms with Gasteiger partial charge in [-0.2, -0.15) is 0 Å². The molecule has 0 radical (unpaired) electrons. The first kappa shape index (κ1) is 11.0. The van der Waals surface area contributed by atoms with Gasteiger partial charge in [0, 0.05) is 0 Å². The molecule has 14 heavy (non-hydrogen) atoms. The molecule has 0 fully saturated rings. The van der Waals surface area contributed by atoms with Crippen LogP contribution in [0.3, 0.4) is 0 Å². The van der Waals surface area contributed by atoms with Crippen LogP contribution in [-0.4, -0.2) is 29.5 Å². The molecule has 3 nitrogen and oxygen atoms in total. The van der Waals surface area contributed by atoms with Gasteiger partial charge >= 0.3 is 0 Å². The lowest BCUT2D eigenvalue weighted by Gasteiger charge is -2.10. The first-order valence-corrected chi connectivity index (χ1v) is 4.62. The van der Waals surface area contributed by atoms with Crippen LogP contribution in [0.15, 0.2) is 18.2 Å². The molecule has 1 aromatic rings. The van der Waals surface area contributed by atoms with Crippen molar-refractivity contribution in [3.05, 3.63) is 29.3 Å². The average molecular weight is 196 g/mol. The van der Waals surface area contributed by atoms with E-state index in [1.807, 2.05) is 32.0 Å². The van der Waals surface area contributed by atoms with Crippen LogP contribution in [0, 0.1) is 13.8 Å². The molecular formula is C11H16O3. The number of aliphatic hydroxyl groups is 2. The van der Waals surface area contributed by atoms with Crippen LogP contribution >= 0.6 is 0 Å². The molecule has 1 unspecified atom stereocenters. The van der Waals surface area contributed by atoms with E-state index in [9.17, 15) is 0 Å². The van der Waals surface area contributed by atoms with E-state index in [-0.39, 0.29) is 13.2 Å². The Kier molecular flexibility index (Phi) is 3.92. The molecule has 0 saturated carbocycles. The third-order valence-electron chi connectivity index (χ3n) is 2.13. The van der Waals surface area contributed by atoms with Gasteiger partial charge in [0.15, 0.2) is 0 Å². The summed E-state index contributed by atoms with van der Waals surface area (Å²) in [6.45, 7) is 3.89. The summed E-state index contributed by atoms with van der Waals surface area (Å²) in [4.78, 5) is 0. The van der Waals surface area contributed by atoms with Crippen LogP contribution in [-0.2, 0) is 0 Å². The van der Waals surface area contributed by atoms with Crippen molar-refractivity contribution in [3.63, 3.8) is 0 Å². The van der Waals surface area contributed by atoms with Gasteiger partial charge < -0.3 is 14.9 Å². The molecule has 3 heteroatoms. The summed E-state index contributed by atoms with van der Waals surface area (Å²) >= 11 is 0. The molecule has 2 N–H and O–H groups in total. The molecule has 0 aliphatic heterocycles. The first-order chi connectivity index (χ1) is 6.63. The fraction of sp³-hybridized carbons (Fsp3) is 0.455. The van der Waals surface area contributed by atoms with Gasteiger partial charge in [-0.15, -0.1) is 0 Å². The smallest absolute Gasteiger partial charge is 0.119 e. The van der Waals surface area contributed by atoms with Crippen molar-refractivity contribution < 1.29 is 14.9 Å². The second-order valence-electron chi connectivity index (χ2n) is 3.39. The van der Waals surface area contributed by atoms with E-state index in [4.69, 9.17) is 14.9 Å². The molecule has 0 heterocycles. The predicted octanol–water partition coefficient (Wildman–Crippen LogP) is 1.04. The minimum absolute atomic E-state index is 0.124. The Morgan fingerprint density at radius 1 is 1.29 bits per heavy atom. The monoisotopic (exact) mass is 196 g/mol. The molecule has 1 atom stereocenters. The molecule has 0 aromatic heterocycles. The zero-order chi connectivity index (χ0) is 10.6. The van der Waals surface area contributed by atoms with Gasteiger partial charge in [0.1, 0.15) is 18.5 Å². The van der Waals surface area contributed by atoms with E-state index in [0.29, 0.717) is 0 Å². The third kappa shape index (κ3) is 3.01. The fourth-order valence-electron chi connectivity index (χ4n) is 1.05. The lowest BCUT2D eigenvalue weighted by Crippen LogP contribution is -2.21. The van der Waals surface area contributed by atoms with Crippen molar-refractivity contribution in [3.8, 4) is 5.75 Å². The fourth-order valence-corrected chi connectivity index (χ4v) is 1.05. The predicted molar refractivity (Wildman–Crippen MR) is 54.5 cm³/mol. The van der Waals surface area contributed by atoms with Gasteiger partial charge in [-0.05, 0) is 37.1 Å². The number of hydrogen-bond donors (Lipinski definition) is 2. The summed E-state index contributed by atoms with van der Waals surface area (Å²) in [5.74, 6) is 0.723. The number of rotatable bonds is 4. The molecule has 1 aromatic carbocycles. The van der Waals surface area contributed by atoms with E-state index >= 15 is 0 Å². The number of hydrogen-bond acceptors (Lipinski definition) is 3. The van der Waals surface area contributed by atoms with Crippen LogP contribution in [0.5, 0.6) is 5.75 Å². The second kappa shape index (κ2) is 4.98. The summed E-state index contributed by atoms with van der Waals surface area (Å²) in [5, 5.41) is 17.6. The van der Waals surface area contributed by atoms with Gasteiger partial charge in [0.2, 0.25) is 0 Å².